The second-order valence-corrected chi connectivity index (χ2v) is 5.15. The topological polar surface area (TPSA) is 57.6 Å². The highest BCUT2D eigenvalue weighted by atomic mass is 16.4. The Morgan fingerprint density at radius 3 is 2.79 bits per heavy atom. The SMILES string of the molecule is CC(=O)N1c2ccc(CCCC(=O)O)cc2CC1C. The van der Waals surface area contributed by atoms with Crippen molar-refractivity contribution in [2.75, 3.05) is 4.90 Å². The monoisotopic (exact) mass is 261 g/mol. The summed E-state index contributed by atoms with van der Waals surface area (Å²) in [5.74, 6) is -0.678. The largest absolute Gasteiger partial charge is 0.481 e. The van der Waals surface area contributed by atoms with Crippen molar-refractivity contribution in [1.82, 2.24) is 0 Å². The van der Waals surface area contributed by atoms with E-state index in [1.165, 1.54) is 5.56 Å². The first kappa shape index (κ1) is 13.6. The minimum absolute atomic E-state index is 0.0740. The maximum absolute atomic E-state index is 11.6. The van der Waals surface area contributed by atoms with E-state index in [1.54, 1.807) is 6.92 Å². The number of carbonyl (C=O) groups excluding carboxylic acids is 1. The molecule has 1 aromatic rings. The van der Waals surface area contributed by atoms with Crippen LogP contribution in [0.1, 0.15) is 37.8 Å². The summed E-state index contributed by atoms with van der Waals surface area (Å²) in [6, 6.07) is 6.29. The number of hydrogen-bond acceptors (Lipinski definition) is 2. The standard InChI is InChI=1S/C15H19NO3/c1-10-8-13-9-12(4-3-5-15(18)19)6-7-14(13)16(10)11(2)17/h6-7,9-10H,3-5,8H2,1-2H3,(H,18,19). The third kappa shape index (κ3) is 2.95. The summed E-state index contributed by atoms with van der Waals surface area (Å²) in [4.78, 5) is 23.9. The maximum Gasteiger partial charge on any atom is 0.303 e. The van der Waals surface area contributed by atoms with Gasteiger partial charge in [0.15, 0.2) is 0 Å². The van der Waals surface area contributed by atoms with Crippen LogP contribution in [-0.4, -0.2) is 23.0 Å². The van der Waals surface area contributed by atoms with Gasteiger partial charge in [0.2, 0.25) is 5.91 Å². The van der Waals surface area contributed by atoms with Gasteiger partial charge in [-0.05, 0) is 43.4 Å². The molecule has 0 aliphatic carbocycles. The van der Waals surface area contributed by atoms with E-state index in [9.17, 15) is 9.59 Å². The molecule has 1 N–H and O–H groups in total. The molecule has 0 spiro atoms. The Kier molecular flexibility index (Phi) is 3.88. The Morgan fingerprint density at radius 1 is 1.42 bits per heavy atom. The molecule has 0 saturated heterocycles. The zero-order valence-electron chi connectivity index (χ0n) is 11.3. The molecule has 0 fully saturated rings. The number of carboxylic acid groups (broad SMARTS) is 1. The fraction of sp³-hybridized carbons (Fsp3) is 0.467. The normalized spacial score (nSPS) is 17.4. The van der Waals surface area contributed by atoms with Gasteiger partial charge in [0.25, 0.3) is 0 Å². The summed E-state index contributed by atoms with van der Waals surface area (Å²) >= 11 is 0. The van der Waals surface area contributed by atoms with E-state index in [2.05, 4.69) is 6.07 Å². The fourth-order valence-corrected chi connectivity index (χ4v) is 2.76. The van der Waals surface area contributed by atoms with Crippen LogP contribution in [0.3, 0.4) is 0 Å². The van der Waals surface area contributed by atoms with Crippen molar-refractivity contribution in [2.24, 2.45) is 0 Å². The van der Waals surface area contributed by atoms with Gasteiger partial charge in [0, 0.05) is 25.1 Å². The number of carbonyl (C=O) groups is 2. The molecule has 0 radical (unpaired) electrons. The molecule has 1 aliphatic rings. The van der Waals surface area contributed by atoms with Crippen LogP contribution in [0, 0.1) is 0 Å². The van der Waals surface area contributed by atoms with Gasteiger partial charge in [-0.3, -0.25) is 9.59 Å². The molecular formula is C15H19NO3. The van der Waals surface area contributed by atoms with Crippen LogP contribution in [0.2, 0.25) is 0 Å². The third-order valence-corrected chi connectivity index (χ3v) is 3.55. The number of amides is 1. The summed E-state index contributed by atoms with van der Waals surface area (Å²) < 4.78 is 0. The Labute approximate surface area is 113 Å². The molecule has 1 atom stereocenters. The van der Waals surface area contributed by atoms with Crippen LogP contribution < -0.4 is 4.90 Å². The number of fused-ring (bicyclic) bond motifs is 1. The average Bonchev–Trinajstić information content (AvgIpc) is 2.63. The van der Waals surface area contributed by atoms with Gasteiger partial charge in [0.05, 0.1) is 0 Å². The van der Waals surface area contributed by atoms with Crippen molar-refractivity contribution in [3.8, 4) is 0 Å². The van der Waals surface area contributed by atoms with Crippen molar-refractivity contribution >= 4 is 17.6 Å². The van der Waals surface area contributed by atoms with E-state index in [4.69, 9.17) is 5.11 Å². The highest BCUT2D eigenvalue weighted by molar-refractivity contribution is 5.94. The maximum atomic E-state index is 11.6. The first-order valence-electron chi connectivity index (χ1n) is 6.62. The van der Waals surface area contributed by atoms with Crippen LogP contribution in [-0.2, 0) is 22.4 Å². The van der Waals surface area contributed by atoms with Crippen LogP contribution in [0.25, 0.3) is 0 Å². The van der Waals surface area contributed by atoms with E-state index < -0.39 is 5.97 Å². The lowest BCUT2D eigenvalue weighted by atomic mass is 10.0. The molecule has 1 heterocycles. The summed E-state index contributed by atoms with van der Waals surface area (Å²) in [5.41, 5.74) is 3.34. The molecule has 0 aromatic heterocycles. The lowest BCUT2D eigenvalue weighted by Gasteiger charge is -2.20. The van der Waals surface area contributed by atoms with Crippen molar-refractivity contribution in [1.29, 1.82) is 0 Å². The minimum Gasteiger partial charge on any atom is -0.481 e. The zero-order chi connectivity index (χ0) is 14.0. The molecule has 1 amide bonds. The van der Waals surface area contributed by atoms with E-state index in [0.717, 1.165) is 24.1 Å². The molecule has 1 aromatic carbocycles. The molecule has 2 rings (SSSR count). The van der Waals surface area contributed by atoms with Crippen LogP contribution >= 0.6 is 0 Å². The predicted molar refractivity (Wildman–Crippen MR) is 73.3 cm³/mol. The third-order valence-electron chi connectivity index (χ3n) is 3.55. The average molecular weight is 261 g/mol. The summed E-state index contributed by atoms with van der Waals surface area (Å²) in [6.07, 6.45) is 2.50. The quantitative estimate of drug-likeness (QED) is 0.905. The summed E-state index contributed by atoms with van der Waals surface area (Å²) in [7, 11) is 0. The number of rotatable bonds is 4. The number of hydrogen-bond donors (Lipinski definition) is 1. The molecule has 1 aliphatic heterocycles. The highest BCUT2D eigenvalue weighted by Crippen LogP contribution is 2.33. The van der Waals surface area contributed by atoms with E-state index in [-0.39, 0.29) is 18.4 Å². The summed E-state index contributed by atoms with van der Waals surface area (Å²) in [5, 5.41) is 8.63. The molecular weight excluding hydrogens is 242 g/mol. The second kappa shape index (κ2) is 5.43. The number of benzene rings is 1. The lowest BCUT2D eigenvalue weighted by molar-refractivity contribution is -0.137. The highest BCUT2D eigenvalue weighted by Gasteiger charge is 2.28. The molecule has 0 bridgehead atoms. The Hall–Kier alpha value is -1.84. The predicted octanol–water partition coefficient (Wildman–Crippen LogP) is 2.39. The smallest absolute Gasteiger partial charge is 0.303 e. The van der Waals surface area contributed by atoms with Crippen LogP contribution in [0.5, 0.6) is 0 Å². The Bertz CT molecular complexity index is 510. The van der Waals surface area contributed by atoms with Crippen molar-refractivity contribution < 1.29 is 14.7 Å². The Balaban J connectivity index is 2.11. The second-order valence-electron chi connectivity index (χ2n) is 5.15. The van der Waals surface area contributed by atoms with Gasteiger partial charge in [0.1, 0.15) is 0 Å². The van der Waals surface area contributed by atoms with Crippen molar-refractivity contribution in [3.05, 3.63) is 29.3 Å². The summed E-state index contributed by atoms with van der Waals surface area (Å²) in [6.45, 7) is 3.64. The fourth-order valence-electron chi connectivity index (χ4n) is 2.76. The van der Waals surface area contributed by atoms with Gasteiger partial charge >= 0.3 is 5.97 Å². The molecule has 19 heavy (non-hydrogen) atoms. The molecule has 4 nitrogen and oxygen atoms in total. The zero-order valence-corrected chi connectivity index (χ0v) is 11.3. The van der Waals surface area contributed by atoms with Crippen molar-refractivity contribution in [3.63, 3.8) is 0 Å². The van der Waals surface area contributed by atoms with E-state index in [0.29, 0.717) is 6.42 Å². The number of carboxylic acids is 1. The van der Waals surface area contributed by atoms with E-state index in [1.807, 2.05) is 24.0 Å². The van der Waals surface area contributed by atoms with Gasteiger partial charge in [-0.1, -0.05) is 12.1 Å². The van der Waals surface area contributed by atoms with Gasteiger partial charge in [-0.2, -0.15) is 0 Å². The first-order chi connectivity index (χ1) is 8.99. The molecule has 4 heteroatoms. The number of aryl methyl sites for hydroxylation is 1. The minimum atomic E-state index is -0.752. The van der Waals surface area contributed by atoms with Crippen molar-refractivity contribution in [2.45, 2.75) is 45.6 Å². The lowest BCUT2D eigenvalue weighted by Crippen LogP contribution is -2.33. The number of aliphatic carboxylic acids is 1. The van der Waals surface area contributed by atoms with E-state index >= 15 is 0 Å². The molecule has 102 valence electrons. The number of nitrogens with zero attached hydrogens (tertiary/aromatic N) is 1. The van der Waals surface area contributed by atoms with Gasteiger partial charge in [-0.15, -0.1) is 0 Å². The Morgan fingerprint density at radius 2 is 2.16 bits per heavy atom. The van der Waals surface area contributed by atoms with Crippen LogP contribution in [0.15, 0.2) is 18.2 Å². The molecule has 0 saturated carbocycles. The number of anilines is 1. The first-order valence-corrected chi connectivity index (χ1v) is 6.62. The molecule has 1 unspecified atom stereocenters. The van der Waals surface area contributed by atoms with Crippen LogP contribution in [0.4, 0.5) is 5.69 Å². The van der Waals surface area contributed by atoms with Gasteiger partial charge in [-0.25, -0.2) is 0 Å². The van der Waals surface area contributed by atoms with Gasteiger partial charge < -0.3 is 10.0 Å².